The second-order valence-corrected chi connectivity index (χ2v) is 3.52. The van der Waals surface area contributed by atoms with Crippen LogP contribution in [0.15, 0.2) is 14.1 Å². The number of aromatic amines is 1. The Balaban J connectivity index is 3.47. The maximum atomic E-state index is 11.1. The van der Waals surface area contributed by atoms with E-state index in [0.29, 0.717) is 0 Å². The summed E-state index contributed by atoms with van der Waals surface area (Å²) in [5.74, 6) is -0.605. The number of carbonyl (C=O) groups is 1. The van der Waals surface area contributed by atoms with Crippen molar-refractivity contribution in [3.05, 3.63) is 31.0 Å². The zero-order valence-corrected chi connectivity index (χ0v) is 8.92. The zero-order valence-electron chi connectivity index (χ0n) is 7.33. The number of halogens is 1. The van der Waals surface area contributed by atoms with E-state index in [1.165, 1.54) is 7.05 Å². The van der Waals surface area contributed by atoms with Gasteiger partial charge in [-0.2, -0.15) is 0 Å². The Bertz CT molecular complexity index is 454. The Labute approximate surface area is 86.9 Å². The van der Waals surface area contributed by atoms with Crippen molar-refractivity contribution in [2.24, 2.45) is 12.8 Å². The summed E-state index contributed by atoms with van der Waals surface area (Å²) in [6.45, 7) is 0. The van der Waals surface area contributed by atoms with Gasteiger partial charge in [0.05, 0.1) is 12.1 Å². The highest BCUT2D eigenvalue weighted by Gasteiger charge is 2.11. The number of primary amides is 1. The van der Waals surface area contributed by atoms with E-state index in [0.717, 1.165) is 4.57 Å². The highest BCUT2D eigenvalue weighted by Crippen LogP contribution is 2.08. The molecule has 0 saturated carbocycles. The molecule has 0 radical (unpaired) electrons. The number of nitrogens with two attached hydrogens (primary N) is 1. The molecule has 3 N–H and O–H groups in total. The van der Waals surface area contributed by atoms with E-state index in [2.05, 4.69) is 20.9 Å². The monoisotopic (exact) mass is 261 g/mol. The molecule has 1 aromatic heterocycles. The molecule has 0 aliphatic carbocycles. The van der Waals surface area contributed by atoms with Gasteiger partial charge in [-0.25, -0.2) is 4.79 Å². The van der Waals surface area contributed by atoms with E-state index in [1.807, 2.05) is 0 Å². The largest absolute Gasteiger partial charge is 0.369 e. The Morgan fingerprint density at radius 2 is 2.14 bits per heavy atom. The molecule has 0 aliphatic rings. The molecule has 0 atom stereocenters. The smallest absolute Gasteiger partial charge is 0.328 e. The molecule has 0 aromatic carbocycles. The molecule has 76 valence electrons. The van der Waals surface area contributed by atoms with Crippen LogP contribution < -0.4 is 17.0 Å². The zero-order chi connectivity index (χ0) is 10.9. The molecule has 1 aromatic rings. The van der Waals surface area contributed by atoms with Gasteiger partial charge in [-0.05, 0) is 15.9 Å². The summed E-state index contributed by atoms with van der Waals surface area (Å²) < 4.78 is 1.31. The molecule has 1 amide bonds. The minimum absolute atomic E-state index is 0.151. The molecule has 0 fully saturated rings. The number of H-pyrrole nitrogens is 1. The van der Waals surface area contributed by atoms with Gasteiger partial charge < -0.3 is 5.73 Å². The fourth-order valence-electron chi connectivity index (χ4n) is 0.998. The average molecular weight is 262 g/mol. The minimum Gasteiger partial charge on any atom is -0.369 e. The van der Waals surface area contributed by atoms with Crippen molar-refractivity contribution in [1.82, 2.24) is 9.55 Å². The third-order valence-corrected chi connectivity index (χ3v) is 2.54. The van der Waals surface area contributed by atoms with Crippen molar-refractivity contribution in [3.8, 4) is 0 Å². The lowest BCUT2D eigenvalue weighted by molar-refractivity contribution is -0.117. The van der Waals surface area contributed by atoms with Crippen LogP contribution in [0.4, 0.5) is 0 Å². The number of hydrogen-bond donors (Lipinski definition) is 2. The molecule has 0 spiro atoms. The number of carbonyl (C=O) groups excluding carboxylic acids is 1. The first kappa shape index (κ1) is 10.7. The topological polar surface area (TPSA) is 97.9 Å². The van der Waals surface area contributed by atoms with Crippen LogP contribution in [0.2, 0.25) is 0 Å². The van der Waals surface area contributed by atoms with Gasteiger partial charge in [0.2, 0.25) is 5.91 Å². The number of hydrogen-bond acceptors (Lipinski definition) is 3. The average Bonchev–Trinajstić information content (AvgIpc) is 2.09. The Hall–Kier alpha value is -1.37. The lowest BCUT2D eigenvalue weighted by Crippen LogP contribution is -2.33. The van der Waals surface area contributed by atoms with Crippen LogP contribution in [0.1, 0.15) is 5.69 Å². The number of aromatic nitrogens is 2. The van der Waals surface area contributed by atoms with Crippen molar-refractivity contribution in [2.75, 3.05) is 0 Å². The van der Waals surface area contributed by atoms with E-state index in [4.69, 9.17) is 5.73 Å². The van der Waals surface area contributed by atoms with E-state index in [-0.39, 0.29) is 16.6 Å². The number of nitrogens with one attached hydrogen (secondary N) is 1. The summed E-state index contributed by atoms with van der Waals surface area (Å²) in [6.07, 6.45) is -0.157. The van der Waals surface area contributed by atoms with Gasteiger partial charge in [0.15, 0.2) is 0 Å². The highest BCUT2D eigenvalue weighted by molar-refractivity contribution is 9.10. The maximum Gasteiger partial charge on any atom is 0.328 e. The van der Waals surface area contributed by atoms with Gasteiger partial charge in [0.25, 0.3) is 5.56 Å². The summed E-state index contributed by atoms with van der Waals surface area (Å²) in [5.41, 5.74) is 4.10. The predicted octanol–water partition coefficient (Wildman–Crippen LogP) is -1.14. The fraction of sp³-hybridized carbons (Fsp3) is 0.286. The van der Waals surface area contributed by atoms with Crippen molar-refractivity contribution in [1.29, 1.82) is 0 Å². The summed E-state index contributed by atoms with van der Waals surface area (Å²) in [5, 5.41) is 0. The Kier molecular flexibility index (Phi) is 2.90. The van der Waals surface area contributed by atoms with Gasteiger partial charge in [-0.15, -0.1) is 0 Å². The molecule has 1 heterocycles. The molecule has 0 unspecified atom stereocenters. The molecule has 7 heteroatoms. The standard InChI is InChI=1S/C7H8BrN3O3/c1-11-3(2-4(9)12)5(8)6(13)10-7(11)14/h2H2,1H3,(H2,9,12)(H,10,13,14). The van der Waals surface area contributed by atoms with Crippen LogP contribution in [0.25, 0.3) is 0 Å². The lowest BCUT2D eigenvalue weighted by Gasteiger charge is -2.06. The normalized spacial score (nSPS) is 10.1. The van der Waals surface area contributed by atoms with Crippen LogP contribution in [-0.2, 0) is 18.3 Å². The molecule has 0 bridgehead atoms. The maximum absolute atomic E-state index is 11.1. The Morgan fingerprint density at radius 1 is 1.57 bits per heavy atom. The third-order valence-electron chi connectivity index (χ3n) is 1.72. The summed E-state index contributed by atoms with van der Waals surface area (Å²) in [7, 11) is 1.45. The van der Waals surface area contributed by atoms with E-state index < -0.39 is 17.2 Å². The molecule has 6 nitrogen and oxygen atoms in total. The van der Waals surface area contributed by atoms with Gasteiger partial charge in [0.1, 0.15) is 4.47 Å². The summed E-state index contributed by atoms with van der Waals surface area (Å²) in [6, 6.07) is 0. The van der Waals surface area contributed by atoms with Gasteiger partial charge in [-0.3, -0.25) is 19.1 Å². The van der Waals surface area contributed by atoms with Gasteiger partial charge in [-0.1, -0.05) is 0 Å². The quantitative estimate of drug-likeness (QED) is 0.705. The molecule has 14 heavy (non-hydrogen) atoms. The van der Waals surface area contributed by atoms with E-state index in [1.54, 1.807) is 0 Å². The lowest BCUT2D eigenvalue weighted by atomic mass is 10.3. The van der Waals surface area contributed by atoms with Crippen LogP contribution in [0.3, 0.4) is 0 Å². The van der Waals surface area contributed by atoms with Crippen molar-refractivity contribution in [3.63, 3.8) is 0 Å². The Morgan fingerprint density at radius 3 is 2.64 bits per heavy atom. The van der Waals surface area contributed by atoms with Crippen molar-refractivity contribution < 1.29 is 4.79 Å². The molecule has 1 rings (SSSR count). The van der Waals surface area contributed by atoms with Gasteiger partial charge >= 0.3 is 5.69 Å². The third kappa shape index (κ3) is 1.92. The highest BCUT2D eigenvalue weighted by atomic mass is 79.9. The van der Waals surface area contributed by atoms with E-state index in [9.17, 15) is 14.4 Å². The molecule has 0 saturated heterocycles. The van der Waals surface area contributed by atoms with Crippen molar-refractivity contribution >= 4 is 21.8 Å². The fourth-order valence-corrected chi connectivity index (χ4v) is 1.50. The first-order valence-corrected chi connectivity index (χ1v) is 4.48. The first-order chi connectivity index (χ1) is 6.43. The number of nitrogens with zero attached hydrogens (tertiary/aromatic N) is 1. The second-order valence-electron chi connectivity index (χ2n) is 2.72. The number of rotatable bonds is 2. The predicted molar refractivity (Wildman–Crippen MR) is 52.9 cm³/mol. The molecule has 0 aliphatic heterocycles. The van der Waals surface area contributed by atoms with Crippen LogP contribution in [0, 0.1) is 0 Å². The minimum atomic E-state index is -0.605. The SMILES string of the molecule is Cn1c(CC(N)=O)c(Br)c(=O)[nH]c1=O. The van der Waals surface area contributed by atoms with Crippen LogP contribution >= 0.6 is 15.9 Å². The molecular formula is C7H8BrN3O3. The summed E-state index contributed by atoms with van der Waals surface area (Å²) in [4.78, 5) is 35.0. The van der Waals surface area contributed by atoms with Crippen LogP contribution in [-0.4, -0.2) is 15.5 Å². The second kappa shape index (κ2) is 3.79. The first-order valence-electron chi connectivity index (χ1n) is 3.69. The summed E-state index contributed by atoms with van der Waals surface area (Å²) >= 11 is 2.98. The van der Waals surface area contributed by atoms with Gasteiger partial charge in [0, 0.05) is 7.05 Å². The number of amides is 1. The van der Waals surface area contributed by atoms with Crippen LogP contribution in [0.5, 0.6) is 0 Å². The molecular weight excluding hydrogens is 254 g/mol. The van der Waals surface area contributed by atoms with Crippen molar-refractivity contribution in [2.45, 2.75) is 6.42 Å². The van der Waals surface area contributed by atoms with E-state index >= 15 is 0 Å².